The second kappa shape index (κ2) is 5.61. The second-order valence-electron chi connectivity index (χ2n) is 4.84. The van der Waals surface area contributed by atoms with Crippen molar-refractivity contribution >= 4 is 0 Å². The van der Waals surface area contributed by atoms with E-state index >= 15 is 0 Å². The van der Waals surface area contributed by atoms with Gasteiger partial charge in [0.15, 0.2) is 0 Å². The van der Waals surface area contributed by atoms with Crippen molar-refractivity contribution in [3.05, 3.63) is 0 Å². The van der Waals surface area contributed by atoms with Gasteiger partial charge >= 0.3 is 0 Å². The first-order chi connectivity index (χ1) is 5.87. The van der Waals surface area contributed by atoms with Gasteiger partial charge in [0.25, 0.3) is 0 Å². The highest BCUT2D eigenvalue weighted by atomic mass is 15.0. The van der Waals surface area contributed by atoms with Crippen LogP contribution in [0.25, 0.3) is 0 Å². The molecule has 1 unspecified atom stereocenters. The molecule has 1 atom stereocenters. The van der Waals surface area contributed by atoms with Crippen molar-refractivity contribution in [3.8, 4) is 0 Å². The van der Waals surface area contributed by atoms with E-state index in [0.717, 1.165) is 6.54 Å². The number of hydrogen-bond donors (Lipinski definition) is 2. The Morgan fingerprint density at radius 3 is 2.08 bits per heavy atom. The quantitative estimate of drug-likeness (QED) is 0.664. The lowest BCUT2D eigenvalue weighted by molar-refractivity contribution is 0.344. The van der Waals surface area contributed by atoms with Crippen LogP contribution < -0.4 is 10.6 Å². The fraction of sp³-hybridized carbons (Fsp3) is 1.00. The van der Waals surface area contributed by atoms with Crippen LogP contribution in [0.5, 0.6) is 0 Å². The molecular weight excluding hydrogens is 160 g/mol. The minimum atomic E-state index is 0.271. The van der Waals surface area contributed by atoms with Crippen molar-refractivity contribution in [2.45, 2.75) is 65.6 Å². The number of nitrogens with one attached hydrogen (secondary N) is 2. The SMILES string of the molecule is CCC(C)(C)NCC(C)NC(C)C. The minimum Gasteiger partial charge on any atom is -0.311 e. The summed E-state index contributed by atoms with van der Waals surface area (Å²) in [7, 11) is 0. The summed E-state index contributed by atoms with van der Waals surface area (Å²) in [4.78, 5) is 0. The van der Waals surface area contributed by atoms with Gasteiger partial charge in [0.1, 0.15) is 0 Å². The lowest BCUT2D eigenvalue weighted by Crippen LogP contribution is -2.47. The fourth-order valence-electron chi connectivity index (χ4n) is 1.18. The molecule has 2 N–H and O–H groups in total. The molecule has 0 aliphatic heterocycles. The molecule has 80 valence electrons. The molecule has 0 amide bonds. The Hall–Kier alpha value is -0.0800. The predicted octanol–water partition coefficient (Wildman–Crippen LogP) is 2.15. The number of hydrogen-bond acceptors (Lipinski definition) is 2. The van der Waals surface area contributed by atoms with Crippen molar-refractivity contribution in [2.24, 2.45) is 0 Å². The van der Waals surface area contributed by atoms with Gasteiger partial charge in [-0.1, -0.05) is 20.8 Å². The van der Waals surface area contributed by atoms with Gasteiger partial charge in [-0.15, -0.1) is 0 Å². The first-order valence-electron chi connectivity index (χ1n) is 5.38. The van der Waals surface area contributed by atoms with E-state index in [-0.39, 0.29) is 5.54 Å². The van der Waals surface area contributed by atoms with E-state index in [0.29, 0.717) is 12.1 Å². The summed E-state index contributed by atoms with van der Waals surface area (Å²) in [5, 5.41) is 7.03. The summed E-state index contributed by atoms with van der Waals surface area (Å²) in [6.45, 7) is 14.3. The maximum Gasteiger partial charge on any atom is 0.0166 e. The van der Waals surface area contributed by atoms with Gasteiger partial charge in [-0.2, -0.15) is 0 Å². The summed E-state index contributed by atoms with van der Waals surface area (Å²) in [5.41, 5.74) is 0.271. The largest absolute Gasteiger partial charge is 0.311 e. The van der Waals surface area contributed by atoms with E-state index in [1.807, 2.05) is 0 Å². The standard InChI is InChI=1S/C11H26N2/c1-7-11(5,6)12-8-10(4)13-9(2)3/h9-10,12-13H,7-8H2,1-6H3. The molecule has 2 heteroatoms. The van der Waals surface area contributed by atoms with Crippen molar-refractivity contribution in [1.82, 2.24) is 10.6 Å². The van der Waals surface area contributed by atoms with Crippen LogP contribution in [0, 0.1) is 0 Å². The van der Waals surface area contributed by atoms with E-state index in [2.05, 4.69) is 52.2 Å². The van der Waals surface area contributed by atoms with E-state index in [4.69, 9.17) is 0 Å². The molecule has 0 saturated carbocycles. The molecule has 0 spiro atoms. The van der Waals surface area contributed by atoms with Crippen molar-refractivity contribution in [2.75, 3.05) is 6.54 Å². The molecule has 0 aliphatic carbocycles. The highest BCUT2D eigenvalue weighted by Gasteiger charge is 2.14. The fourth-order valence-corrected chi connectivity index (χ4v) is 1.18. The zero-order valence-electron chi connectivity index (χ0n) is 10.1. The monoisotopic (exact) mass is 186 g/mol. The third-order valence-electron chi connectivity index (χ3n) is 2.39. The van der Waals surface area contributed by atoms with E-state index < -0.39 is 0 Å². The zero-order valence-corrected chi connectivity index (χ0v) is 10.1. The molecule has 0 saturated heterocycles. The van der Waals surface area contributed by atoms with Crippen molar-refractivity contribution < 1.29 is 0 Å². The zero-order chi connectivity index (χ0) is 10.5. The molecule has 0 aromatic rings. The average molecular weight is 186 g/mol. The molecule has 13 heavy (non-hydrogen) atoms. The van der Waals surface area contributed by atoms with Crippen LogP contribution in [0.15, 0.2) is 0 Å². The molecule has 0 fully saturated rings. The third-order valence-corrected chi connectivity index (χ3v) is 2.39. The van der Waals surface area contributed by atoms with Crippen LogP contribution in [0.2, 0.25) is 0 Å². The Balaban J connectivity index is 3.63. The Kier molecular flexibility index (Phi) is 5.57. The molecule has 0 aliphatic rings. The minimum absolute atomic E-state index is 0.271. The molecule has 0 heterocycles. The Morgan fingerprint density at radius 2 is 1.69 bits per heavy atom. The Morgan fingerprint density at radius 1 is 1.15 bits per heavy atom. The second-order valence-corrected chi connectivity index (χ2v) is 4.84. The lowest BCUT2D eigenvalue weighted by atomic mass is 10.0. The molecule has 0 aromatic carbocycles. The van der Waals surface area contributed by atoms with Crippen LogP contribution in [0.4, 0.5) is 0 Å². The summed E-state index contributed by atoms with van der Waals surface area (Å²) >= 11 is 0. The van der Waals surface area contributed by atoms with Gasteiger partial charge in [0, 0.05) is 24.2 Å². The highest BCUT2D eigenvalue weighted by Crippen LogP contribution is 2.06. The highest BCUT2D eigenvalue weighted by molar-refractivity contribution is 4.78. The first-order valence-corrected chi connectivity index (χ1v) is 5.38. The molecule has 0 aromatic heterocycles. The van der Waals surface area contributed by atoms with Crippen LogP contribution in [0.3, 0.4) is 0 Å². The Labute approximate surface area is 83.5 Å². The third kappa shape index (κ3) is 7.03. The predicted molar refractivity (Wildman–Crippen MR) is 60.1 cm³/mol. The van der Waals surface area contributed by atoms with E-state index in [1.54, 1.807) is 0 Å². The molecule has 2 nitrogen and oxygen atoms in total. The first kappa shape index (κ1) is 12.9. The molecule has 0 radical (unpaired) electrons. The summed E-state index contributed by atoms with van der Waals surface area (Å²) in [6.07, 6.45) is 1.17. The van der Waals surface area contributed by atoms with Gasteiger partial charge < -0.3 is 10.6 Å². The van der Waals surface area contributed by atoms with Gasteiger partial charge in [0.05, 0.1) is 0 Å². The van der Waals surface area contributed by atoms with Crippen LogP contribution >= 0.6 is 0 Å². The molecule has 0 bridgehead atoms. The van der Waals surface area contributed by atoms with E-state index in [9.17, 15) is 0 Å². The van der Waals surface area contributed by atoms with Gasteiger partial charge in [-0.3, -0.25) is 0 Å². The van der Waals surface area contributed by atoms with Gasteiger partial charge in [-0.25, -0.2) is 0 Å². The molecular formula is C11H26N2. The number of rotatable bonds is 6. The van der Waals surface area contributed by atoms with Crippen LogP contribution in [0.1, 0.15) is 48.0 Å². The van der Waals surface area contributed by atoms with Gasteiger partial charge in [-0.05, 0) is 27.2 Å². The lowest BCUT2D eigenvalue weighted by Gasteiger charge is -2.27. The summed E-state index contributed by atoms with van der Waals surface area (Å²) in [5.74, 6) is 0. The van der Waals surface area contributed by atoms with Crippen molar-refractivity contribution in [1.29, 1.82) is 0 Å². The molecule has 0 rings (SSSR count). The van der Waals surface area contributed by atoms with Crippen LogP contribution in [-0.4, -0.2) is 24.2 Å². The Bertz CT molecular complexity index is 130. The maximum absolute atomic E-state index is 3.55. The average Bonchev–Trinajstić information content (AvgIpc) is 2.00. The summed E-state index contributed by atoms with van der Waals surface area (Å²) < 4.78 is 0. The van der Waals surface area contributed by atoms with Crippen molar-refractivity contribution in [3.63, 3.8) is 0 Å². The normalized spacial score (nSPS) is 15.0. The maximum atomic E-state index is 3.55. The summed E-state index contributed by atoms with van der Waals surface area (Å²) in [6, 6.07) is 1.12. The smallest absolute Gasteiger partial charge is 0.0166 e. The topological polar surface area (TPSA) is 24.1 Å². The van der Waals surface area contributed by atoms with Gasteiger partial charge in [0.2, 0.25) is 0 Å². The van der Waals surface area contributed by atoms with E-state index in [1.165, 1.54) is 6.42 Å². The van der Waals surface area contributed by atoms with Crippen LogP contribution in [-0.2, 0) is 0 Å².